The Bertz CT molecular complexity index is 516. The number of Topliss-reactive ketones (excluding diaryl/α,β-unsaturated/α-hetero) is 1. The van der Waals surface area contributed by atoms with E-state index in [2.05, 4.69) is 5.32 Å². The summed E-state index contributed by atoms with van der Waals surface area (Å²) in [5.41, 5.74) is -1.45. The first-order valence-electron chi connectivity index (χ1n) is 6.00. The SMILES string of the molecule is CNC1COCC1C(=O)c1ccc(C(F)(F)F)c(F)c1. The second-order valence-electron chi connectivity index (χ2n) is 4.60. The smallest absolute Gasteiger partial charge is 0.379 e. The van der Waals surface area contributed by atoms with Crippen LogP contribution >= 0.6 is 0 Å². The van der Waals surface area contributed by atoms with Crippen molar-refractivity contribution in [3.05, 3.63) is 35.1 Å². The van der Waals surface area contributed by atoms with E-state index in [0.717, 1.165) is 6.07 Å². The molecule has 1 aromatic rings. The van der Waals surface area contributed by atoms with E-state index >= 15 is 0 Å². The molecule has 3 nitrogen and oxygen atoms in total. The lowest BCUT2D eigenvalue weighted by Gasteiger charge is -2.16. The zero-order valence-electron chi connectivity index (χ0n) is 10.6. The molecule has 0 aliphatic carbocycles. The first-order chi connectivity index (χ1) is 9.34. The van der Waals surface area contributed by atoms with Gasteiger partial charge in [-0.15, -0.1) is 0 Å². The van der Waals surface area contributed by atoms with Crippen molar-refractivity contribution in [3.63, 3.8) is 0 Å². The number of hydrogen-bond acceptors (Lipinski definition) is 3. The van der Waals surface area contributed by atoms with Gasteiger partial charge in [-0.2, -0.15) is 13.2 Å². The van der Waals surface area contributed by atoms with Crippen LogP contribution in [0.5, 0.6) is 0 Å². The molecule has 2 atom stereocenters. The summed E-state index contributed by atoms with van der Waals surface area (Å²) in [6.07, 6.45) is -4.77. The molecule has 1 heterocycles. The molecule has 0 amide bonds. The van der Waals surface area contributed by atoms with Crippen LogP contribution in [0.1, 0.15) is 15.9 Å². The topological polar surface area (TPSA) is 38.3 Å². The van der Waals surface area contributed by atoms with Gasteiger partial charge < -0.3 is 10.1 Å². The molecule has 2 unspecified atom stereocenters. The van der Waals surface area contributed by atoms with Crippen LogP contribution in [0.3, 0.4) is 0 Å². The predicted octanol–water partition coefficient (Wildman–Crippen LogP) is 2.26. The highest BCUT2D eigenvalue weighted by atomic mass is 19.4. The number of carbonyl (C=O) groups is 1. The maximum Gasteiger partial charge on any atom is 0.419 e. The third kappa shape index (κ3) is 2.83. The van der Waals surface area contributed by atoms with Gasteiger partial charge in [0.2, 0.25) is 0 Å². The number of likely N-dealkylation sites (N-methyl/N-ethyl adjacent to an activating group) is 1. The van der Waals surface area contributed by atoms with E-state index in [0.29, 0.717) is 18.7 Å². The molecule has 1 N–H and O–H groups in total. The van der Waals surface area contributed by atoms with Gasteiger partial charge in [0.1, 0.15) is 5.82 Å². The Labute approximate surface area is 112 Å². The maximum absolute atomic E-state index is 13.5. The summed E-state index contributed by atoms with van der Waals surface area (Å²) in [6, 6.07) is 2.01. The minimum Gasteiger partial charge on any atom is -0.379 e. The normalized spacial score (nSPS) is 23.1. The Hall–Kier alpha value is -1.47. The first kappa shape index (κ1) is 14.9. The van der Waals surface area contributed by atoms with Gasteiger partial charge in [0.15, 0.2) is 5.78 Å². The summed E-state index contributed by atoms with van der Waals surface area (Å²) in [5, 5.41) is 2.90. The highest BCUT2D eigenvalue weighted by Crippen LogP contribution is 2.32. The average molecular weight is 291 g/mol. The van der Waals surface area contributed by atoms with Gasteiger partial charge in [-0.05, 0) is 19.2 Å². The number of nitrogens with one attached hydrogen (secondary N) is 1. The van der Waals surface area contributed by atoms with Crippen LogP contribution in [0.2, 0.25) is 0 Å². The van der Waals surface area contributed by atoms with Gasteiger partial charge in [-0.25, -0.2) is 4.39 Å². The second-order valence-corrected chi connectivity index (χ2v) is 4.60. The molecule has 0 radical (unpaired) electrons. The van der Waals surface area contributed by atoms with Crippen molar-refractivity contribution in [1.29, 1.82) is 0 Å². The highest BCUT2D eigenvalue weighted by molar-refractivity contribution is 5.98. The summed E-state index contributed by atoms with van der Waals surface area (Å²) < 4.78 is 55.9. The number of ether oxygens (including phenoxy) is 1. The third-order valence-electron chi connectivity index (χ3n) is 3.35. The quantitative estimate of drug-likeness (QED) is 0.686. The maximum atomic E-state index is 13.5. The van der Waals surface area contributed by atoms with E-state index in [1.807, 2.05) is 0 Å². The van der Waals surface area contributed by atoms with Gasteiger partial charge in [0.05, 0.1) is 24.7 Å². The Balaban J connectivity index is 2.26. The lowest BCUT2D eigenvalue weighted by molar-refractivity contribution is -0.140. The van der Waals surface area contributed by atoms with E-state index in [4.69, 9.17) is 4.74 Å². The Morgan fingerprint density at radius 2 is 2.05 bits per heavy atom. The zero-order valence-corrected chi connectivity index (χ0v) is 10.6. The van der Waals surface area contributed by atoms with Gasteiger partial charge >= 0.3 is 6.18 Å². The summed E-state index contributed by atoms with van der Waals surface area (Å²) >= 11 is 0. The molecule has 110 valence electrons. The van der Waals surface area contributed by atoms with Gasteiger partial charge in [0, 0.05) is 11.6 Å². The number of alkyl halides is 3. The fourth-order valence-electron chi connectivity index (χ4n) is 2.21. The van der Waals surface area contributed by atoms with Crippen LogP contribution < -0.4 is 5.32 Å². The third-order valence-corrected chi connectivity index (χ3v) is 3.35. The Morgan fingerprint density at radius 1 is 1.35 bits per heavy atom. The van der Waals surface area contributed by atoms with Crippen molar-refractivity contribution in [2.45, 2.75) is 12.2 Å². The van der Waals surface area contributed by atoms with Crippen LogP contribution in [0.25, 0.3) is 0 Å². The molecule has 1 aliphatic heterocycles. The minimum atomic E-state index is -4.77. The van der Waals surface area contributed by atoms with Crippen LogP contribution in [0, 0.1) is 11.7 Å². The molecule has 0 aromatic heterocycles. The average Bonchev–Trinajstić information content (AvgIpc) is 2.84. The van der Waals surface area contributed by atoms with E-state index < -0.39 is 29.3 Å². The van der Waals surface area contributed by atoms with Crippen molar-refractivity contribution >= 4 is 5.78 Å². The fraction of sp³-hybridized carbons (Fsp3) is 0.462. The fourth-order valence-corrected chi connectivity index (χ4v) is 2.21. The van der Waals surface area contributed by atoms with E-state index in [1.165, 1.54) is 0 Å². The van der Waals surface area contributed by atoms with Gasteiger partial charge in [0.25, 0.3) is 0 Å². The second kappa shape index (κ2) is 5.49. The molecule has 1 saturated heterocycles. The van der Waals surface area contributed by atoms with Crippen molar-refractivity contribution in [1.82, 2.24) is 5.32 Å². The molecular weight excluding hydrogens is 278 g/mol. The molecule has 2 rings (SSSR count). The summed E-state index contributed by atoms with van der Waals surface area (Å²) in [5.74, 6) is -2.38. The molecular formula is C13H13F4NO2. The van der Waals surface area contributed by atoms with E-state index in [1.54, 1.807) is 7.05 Å². The minimum absolute atomic E-state index is 0.0775. The molecule has 0 spiro atoms. The largest absolute Gasteiger partial charge is 0.419 e. The summed E-state index contributed by atoms with van der Waals surface area (Å²) in [6.45, 7) is 0.517. The number of benzene rings is 1. The predicted molar refractivity (Wildman–Crippen MR) is 62.9 cm³/mol. The lowest BCUT2D eigenvalue weighted by atomic mass is 9.93. The number of halogens is 4. The number of ketones is 1. The van der Waals surface area contributed by atoms with Gasteiger partial charge in [-0.1, -0.05) is 6.07 Å². The first-order valence-corrected chi connectivity index (χ1v) is 6.00. The van der Waals surface area contributed by atoms with Crippen molar-refractivity contribution in [2.75, 3.05) is 20.3 Å². The van der Waals surface area contributed by atoms with Crippen LogP contribution in [-0.2, 0) is 10.9 Å². The van der Waals surface area contributed by atoms with Crippen LogP contribution in [0.15, 0.2) is 18.2 Å². The van der Waals surface area contributed by atoms with Crippen LogP contribution in [-0.4, -0.2) is 32.1 Å². The van der Waals surface area contributed by atoms with Crippen molar-refractivity contribution < 1.29 is 27.1 Å². The molecule has 1 aromatic carbocycles. The van der Waals surface area contributed by atoms with E-state index in [9.17, 15) is 22.4 Å². The van der Waals surface area contributed by atoms with Crippen molar-refractivity contribution in [2.24, 2.45) is 5.92 Å². The summed E-state index contributed by atoms with van der Waals surface area (Å²) in [4.78, 5) is 12.2. The lowest BCUT2D eigenvalue weighted by Crippen LogP contribution is -2.37. The number of carbonyl (C=O) groups excluding carboxylic acids is 1. The van der Waals surface area contributed by atoms with Crippen LogP contribution in [0.4, 0.5) is 17.6 Å². The monoisotopic (exact) mass is 291 g/mol. The molecule has 1 aliphatic rings. The van der Waals surface area contributed by atoms with Gasteiger partial charge in [-0.3, -0.25) is 4.79 Å². The standard InChI is InChI=1S/C13H13F4NO2/c1-18-11-6-20-5-8(11)12(19)7-2-3-9(10(14)4-7)13(15,16)17/h2-4,8,11,18H,5-6H2,1H3. The zero-order chi connectivity index (χ0) is 14.9. The van der Waals surface area contributed by atoms with E-state index in [-0.39, 0.29) is 18.2 Å². The highest BCUT2D eigenvalue weighted by Gasteiger charge is 2.36. The Morgan fingerprint density at radius 3 is 2.60 bits per heavy atom. The summed E-state index contributed by atoms with van der Waals surface area (Å²) in [7, 11) is 1.66. The molecule has 20 heavy (non-hydrogen) atoms. The van der Waals surface area contributed by atoms with Crippen molar-refractivity contribution in [3.8, 4) is 0 Å². The molecule has 0 bridgehead atoms. The molecule has 0 saturated carbocycles. The Kier molecular flexibility index (Phi) is 4.10. The molecule has 7 heteroatoms. The molecule has 1 fully saturated rings. The number of rotatable bonds is 3. The number of hydrogen-bond donors (Lipinski definition) is 1.